The highest BCUT2D eigenvalue weighted by Gasteiger charge is 2.20. The smallest absolute Gasteiger partial charge is 0.116 e. The highest BCUT2D eigenvalue weighted by atomic mass is 32.2. The second-order valence-corrected chi connectivity index (χ2v) is 4.82. The number of benzene rings is 1. The van der Waals surface area contributed by atoms with Crippen molar-refractivity contribution in [1.29, 1.82) is 0 Å². The van der Waals surface area contributed by atoms with E-state index in [2.05, 4.69) is 12.2 Å². The first-order valence-electron chi connectivity index (χ1n) is 5.06. The van der Waals surface area contributed by atoms with Crippen LogP contribution in [-0.2, 0) is 0 Å². The second-order valence-electron chi connectivity index (χ2n) is 3.57. The maximum absolute atomic E-state index is 9.32. The van der Waals surface area contributed by atoms with Crippen LogP contribution in [-0.4, -0.2) is 10.5 Å². The van der Waals surface area contributed by atoms with Gasteiger partial charge in [0.2, 0.25) is 0 Å². The van der Waals surface area contributed by atoms with Gasteiger partial charge >= 0.3 is 0 Å². The fraction of sp³-hybridized carbons (Fsp3) is 0.455. The van der Waals surface area contributed by atoms with Crippen LogP contribution < -0.4 is 5.32 Å². The molecular weight excluding hydrogens is 194 g/mol. The molecule has 14 heavy (non-hydrogen) atoms. The van der Waals surface area contributed by atoms with Crippen LogP contribution in [0.3, 0.4) is 0 Å². The Morgan fingerprint density at radius 2 is 2.36 bits per heavy atom. The molecule has 1 aliphatic rings. The predicted octanol–water partition coefficient (Wildman–Crippen LogP) is 3.43. The molecule has 2 rings (SSSR count). The lowest BCUT2D eigenvalue weighted by Gasteiger charge is -2.08. The molecule has 2 nitrogen and oxygen atoms in total. The average Bonchev–Trinajstić information content (AvgIpc) is 2.56. The first kappa shape index (κ1) is 9.71. The van der Waals surface area contributed by atoms with E-state index in [0.29, 0.717) is 11.1 Å². The zero-order valence-electron chi connectivity index (χ0n) is 8.29. The van der Waals surface area contributed by atoms with Gasteiger partial charge in [0.15, 0.2) is 0 Å². The second kappa shape index (κ2) is 4.13. The number of anilines is 1. The van der Waals surface area contributed by atoms with Crippen molar-refractivity contribution in [2.45, 2.75) is 36.5 Å². The quantitative estimate of drug-likeness (QED) is 0.748. The number of aromatic hydroxyl groups is 1. The minimum absolute atomic E-state index is 0.356. The van der Waals surface area contributed by atoms with Crippen molar-refractivity contribution in [2.24, 2.45) is 0 Å². The zero-order chi connectivity index (χ0) is 9.97. The van der Waals surface area contributed by atoms with Crippen LogP contribution in [0.25, 0.3) is 0 Å². The SMILES string of the molecule is CCCCC1Nc2ccc(O)cc2S1. The van der Waals surface area contributed by atoms with Crippen LogP contribution >= 0.6 is 11.8 Å². The number of hydrogen-bond acceptors (Lipinski definition) is 3. The largest absolute Gasteiger partial charge is 0.508 e. The molecule has 0 radical (unpaired) electrons. The van der Waals surface area contributed by atoms with Crippen molar-refractivity contribution in [2.75, 3.05) is 5.32 Å². The summed E-state index contributed by atoms with van der Waals surface area (Å²) in [6.07, 6.45) is 3.68. The van der Waals surface area contributed by atoms with Crippen molar-refractivity contribution in [1.82, 2.24) is 0 Å². The molecule has 0 spiro atoms. The van der Waals surface area contributed by atoms with Crippen molar-refractivity contribution in [3.63, 3.8) is 0 Å². The first-order valence-corrected chi connectivity index (χ1v) is 5.94. The van der Waals surface area contributed by atoms with Gasteiger partial charge in [-0.3, -0.25) is 0 Å². The Bertz CT molecular complexity index is 327. The number of hydrogen-bond donors (Lipinski definition) is 2. The molecule has 2 N–H and O–H groups in total. The Balaban J connectivity index is 2.03. The third-order valence-corrected chi connectivity index (χ3v) is 3.60. The predicted molar refractivity (Wildman–Crippen MR) is 60.9 cm³/mol. The van der Waals surface area contributed by atoms with Crippen LogP contribution in [0.4, 0.5) is 5.69 Å². The van der Waals surface area contributed by atoms with Gasteiger partial charge in [0.05, 0.1) is 5.37 Å². The van der Waals surface area contributed by atoms with Gasteiger partial charge in [-0.1, -0.05) is 31.5 Å². The van der Waals surface area contributed by atoms with Crippen LogP contribution in [0.1, 0.15) is 26.2 Å². The molecule has 0 aliphatic carbocycles. The maximum Gasteiger partial charge on any atom is 0.116 e. The van der Waals surface area contributed by atoms with Gasteiger partial charge in [-0.15, -0.1) is 0 Å². The van der Waals surface area contributed by atoms with E-state index in [9.17, 15) is 5.11 Å². The Labute approximate surface area is 88.7 Å². The van der Waals surface area contributed by atoms with Gasteiger partial charge in [-0.05, 0) is 24.6 Å². The minimum atomic E-state index is 0.356. The molecule has 3 heteroatoms. The lowest BCUT2D eigenvalue weighted by atomic mass is 10.2. The number of nitrogens with one attached hydrogen (secondary N) is 1. The molecule has 1 aliphatic heterocycles. The van der Waals surface area contributed by atoms with E-state index >= 15 is 0 Å². The summed E-state index contributed by atoms with van der Waals surface area (Å²) in [5.41, 5.74) is 1.16. The Kier molecular flexibility index (Phi) is 2.87. The summed E-state index contributed by atoms with van der Waals surface area (Å²) in [7, 11) is 0. The van der Waals surface area contributed by atoms with Crippen LogP contribution in [0.2, 0.25) is 0 Å². The van der Waals surface area contributed by atoms with E-state index in [4.69, 9.17) is 0 Å². The monoisotopic (exact) mass is 209 g/mol. The van der Waals surface area contributed by atoms with Gasteiger partial charge in [-0.25, -0.2) is 0 Å². The molecule has 0 amide bonds. The van der Waals surface area contributed by atoms with Crippen molar-refractivity contribution >= 4 is 17.4 Å². The normalized spacial score (nSPS) is 19.1. The Morgan fingerprint density at radius 3 is 3.14 bits per heavy atom. The topological polar surface area (TPSA) is 32.3 Å². The number of rotatable bonds is 3. The van der Waals surface area contributed by atoms with Gasteiger partial charge in [0, 0.05) is 10.6 Å². The molecule has 1 aromatic rings. The highest BCUT2D eigenvalue weighted by molar-refractivity contribution is 8.00. The zero-order valence-corrected chi connectivity index (χ0v) is 9.10. The molecule has 0 aromatic heterocycles. The number of phenolic OH excluding ortho intramolecular Hbond substituents is 1. The standard InChI is InChI=1S/C11H15NOS/c1-2-3-4-11-12-9-6-5-8(13)7-10(9)14-11/h5-7,11-13H,2-4H2,1H3. The van der Waals surface area contributed by atoms with E-state index in [1.807, 2.05) is 23.9 Å². The fourth-order valence-electron chi connectivity index (χ4n) is 1.60. The molecular formula is C11H15NOS. The van der Waals surface area contributed by atoms with Crippen molar-refractivity contribution in [3.8, 4) is 5.75 Å². The lowest BCUT2D eigenvalue weighted by molar-refractivity contribution is 0.474. The Morgan fingerprint density at radius 1 is 1.50 bits per heavy atom. The average molecular weight is 209 g/mol. The Hall–Kier alpha value is -0.830. The molecule has 76 valence electrons. The third-order valence-electron chi connectivity index (χ3n) is 2.37. The van der Waals surface area contributed by atoms with Gasteiger partial charge < -0.3 is 10.4 Å². The van der Waals surface area contributed by atoms with Crippen LogP contribution in [0, 0.1) is 0 Å². The molecule has 0 bridgehead atoms. The molecule has 1 aromatic carbocycles. The summed E-state index contributed by atoms with van der Waals surface area (Å²) in [5.74, 6) is 0.356. The summed E-state index contributed by atoms with van der Waals surface area (Å²) in [4.78, 5) is 1.17. The van der Waals surface area contributed by atoms with Gasteiger partial charge in [0.25, 0.3) is 0 Å². The third kappa shape index (κ3) is 1.98. The molecule has 1 heterocycles. The van der Waals surface area contributed by atoms with Crippen molar-refractivity contribution in [3.05, 3.63) is 18.2 Å². The fourth-order valence-corrected chi connectivity index (χ4v) is 2.82. The van der Waals surface area contributed by atoms with Crippen LogP contribution in [0.15, 0.2) is 23.1 Å². The van der Waals surface area contributed by atoms with E-state index in [-0.39, 0.29) is 0 Å². The summed E-state index contributed by atoms with van der Waals surface area (Å²) in [6.45, 7) is 2.21. The minimum Gasteiger partial charge on any atom is -0.508 e. The number of thioether (sulfide) groups is 1. The van der Waals surface area contributed by atoms with E-state index in [0.717, 1.165) is 5.69 Å². The molecule has 0 saturated heterocycles. The van der Waals surface area contributed by atoms with Gasteiger partial charge in [-0.2, -0.15) is 0 Å². The molecule has 0 saturated carbocycles. The number of unbranched alkanes of at least 4 members (excludes halogenated alkanes) is 1. The van der Waals surface area contributed by atoms with Crippen LogP contribution in [0.5, 0.6) is 5.75 Å². The van der Waals surface area contributed by atoms with Crippen molar-refractivity contribution < 1.29 is 5.11 Å². The number of phenols is 1. The molecule has 0 fully saturated rings. The summed E-state index contributed by atoms with van der Waals surface area (Å²) < 4.78 is 0. The lowest BCUT2D eigenvalue weighted by Crippen LogP contribution is -2.08. The van der Waals surface area contributed by atoms with E-state index < -0.39 is 0 Å². The maximum atomic E-state index is 9.32. The molecule has 1 unspecified atom stereocenters. The number of fused-ring (bicyclic) bond motifs is 1. The summed E-state index contributed by atoms with van der Waals surface area (Å²) in [5, 5.41) is 13.3. The van der Waals surface area contributed by atoms with Gasteiger partial charge in [0.1, 0.15) is 5.75 Å². The summed E-state index contributed by atoms with van der Waals surface area (Å²) in [6, 6.07) is 5.51. The van der Waals surface area contributed by atoms with E-state index in [1.54, 1.807) is 6.07 Å². The molecule has 1 atom stereocenters. The summed E-state index contributed by atoms with van der Waals surface area (Å²) >= 11 is 1.82. The first-order chi connectivity index (χ1) is 6.79. The highest BCUT2D eigenvalue weighted by Crippen LogP contribution is 2.41. The van der Waals surface area contributed by atoms with E-state index in [1.165, 1.54) is 24.2 Å².